The van der Waals surface area contributed by atoms with E-state index in [-0.39, 0.29) is 6.04 Å². The Morgan fingerprint density at radius 1 is 1.35 bits per heavy atom. The van der Waals surface area contributed by atoms with Crippen LogP contribution in [0.2, 0.25) is 5.02 Å². The maximum atomic E-state index is 6.12. The maximum Gasteiger partial charge on any atom is 0.152 e. The highest BCUT2D eigenvalue weighted by atomic mass is 35.5. The minimum atomic E-state index is -0.347. The third-order valence-electron chi connectivity index (χ3n) is 3.06. The van der Waals surface area contributed by atoms with Crippen LogP contribution in [0.5, 0.6) is 0 Å². The summed E-state index contributed by atoms with van der Waals surface area (Å²) in [6.45, 7) is 1.83. The van der Waals surface area contributed by atoms with Gasteiger partial charge in [-0.1, -0.05) is 23.7 Å². The third kappa shape index (κ3) is 2.27. The lowest BCUT2D eigenvalue weighted by molar-refractivity contribution is 0.470. The zero-order valence-corrected chi connectivity index (χ0v) is 11.6. The quantitative estimate of drug-likeness (QED) is 0.572. The zero-order chi connectivity index (χ0) is 14.1. The van der Waals surface area contributed by atoms with E-state index in [1.807, 2.05) is 25.1 Å². The van der Waals surface area contributed by atoms with E-state index in [1.54, 1.807) is 18.3 Å². The van der Waals surface area contributed by atoms with Gasteiger partial charge in [0.15, 0.2) is 5.58 Å². The van der Waals surface area contributed by atoms with Gasteiger partial charge in [-0.3, -0.25) is 5.84 Å². The summed E-state index contributed by atoms with van der Waals surface area (Å²) in [6, 6.07) is 8.96. The lowest BCUT2D eigenvalue weighted by Crippen LogP contribution is -2.29. The van der Waals surface area contributed by atoms with Crippen LogP contribution >= 0.6 is 11.6 Å². The highest BCUT2D eigenvalue weighted by Crippen LogP contribution is 2.31. The third-order valence-corrected chi connectivity index (χ3v) is 3.36. The lowest BCUT2D eigenvalue weighted by Gasteiger charge is -2.12. The number of aryl methyl sites for hydroxylation is 1. The molecule has 1 aromatic carbocycles. The molecule has 1 unspecified atom stereocenters. The van der Waals surface area contributed by atoms with Crippen molar-refractivity contribution in [3.63, 3.8) is 0 Å². The van der Waals surface area contributed by atoms with E-state index < -0.39 is 0 Å². The van der Waals surface area contributed by atoms with Crippen LogP contribution in [0.25, 0.3) is 11.0 Å². The van der Waals surface area contributed by atoms with Crippen molar-refractivity contribution in [3.8, 4) is 0 Å². The van der Waals surface area contributed by atoms with Gasteiger partial charge in [-0.15, -0.1) is 0 Å². The van der Waals surface area contributed by atoms with Crippen LogP contribution in [0.15, 0.2) is 40.9 Å². The van der Waals surface area contributed by atoms with Crippen LogP contribution in [-0.2, 0) is 0 Å². The summed E-state index contributed by atoms with van der Waals surface area (Å²) in [6.07, 6.45) is 1.69. The topological polar surface area (TPSA) is 77.0 Å². The van der Waals surface area contributed by atoms with Gasteiger partial charge in [0.1, 0.15) is 17.6 Å². The summed E-state index contributed by atoms with van der Waals surface area (Å²) >= 11 is 6.12. The van der Waals surface area contributed by atoms with Gasteiger partial charge in [0.25, 0.3) is 0 Å². The normalized spacial score (nSPS) is 12.8. The number of nitrogens with two attached hydrogens (primary N) is 1. The smallest absolute Gasteiger partial charge is 0.152 e. The molecule has 3 N–H and O–H groups in total. The number of aromatic nitrogens is 2. The fourth-order valence-electron chi connectivity index (χ4n) is 2.14. The minimum Gasteiger partial charge on any atom is -0.457 e. The molecule has 0 saturated heterocycles. The monoisotopic (exact) mass is 288 g/mol. The number of nitrogens with one attached hydrogen (secondary N) is 1. The molecule has 0 spiro atoms. The molecule has 0 fully saturated rings. The molecule has 20 heavy (non-hydrogen) atoms. The number of hydrogen-bond acceptors (Lipinski definition) is 5. The number of hydrazine groups is 1. The number of rotatable bonds is 3. The molecule has 0 saturated carbocycles. The predicted octanol–water partition coefficient (Wildman–Crippen LogP) is 2.74. The molecule has 102 valence electrons. The van der Waals surface area contributed by atoms with Crippen molar-refractivity contribution in [2.75, 3.05) is 0 Å². The fraction of sp³-hybridized carbons (Fsp3) is 0.143. The summed E-state index contributed by atoms with van der Waals surface area (Å²) in [5.74, 6) is 6.98. The molecule has 0 aliphatic rings. The van der Waals surface area contributed by atoms with Gasteiger partial charge in [-0.25, -0.2) is 15.4 Å². The number of hydrogen-bond donors (Lipinski definition) is 2. The van der Waals surface area contributed by atoms with Crippen molar-refractivity contribution >= 4 is 22.6 Å². The largest absolute Gasteiger partial charge is 0.457 e. The Morgan fingerprint density at radius 2 is 2.20 bits per heavy atom. The molecule has 3 rings (SSSR count). The van der Waals surface area contributed by atoms with Crippen molar-refractivity contribution in [2.45, 2.75) is 13.0 Å². The first-order valence-corrected chi connectivity index (χ1v) is 6.50. The summed E-state index contributed by atoms with van der Waals surface area (Å²) in [5.41, 5.74) is 4.11. The van der Waals surface area contributed by atoms with Crippen LogP contribution in [-0.4, -0.2) is 9.97 Å². The van der Waals surface area contributed by atoms with Gasteiger partial charge in [0.2, 0.25) is 0 Å². The van der Waals surface area contributed by atoms with Crippen molar-refractivity contribution < 1.29 is 4.42 Å². The number of fused-ring (bicyclic) bond motifs is 1. The van der Waals surface area contributed by atoms with Gasteiger partial charge < -0.3 is 4.42 Å². The summed E-state index contributed by atoms with van der Waals surface area (Å²) in [5, 5.41) is 1.50. The Labute approximate surface area is 120 Å². The van der Waals surface area contributed by atoms with Gasteiger partial charge in [-0.2, -0.15) is 0 Å². The van der Waals surface area contributed by atoms with E-state index in [9.17, 15) is 0 Å². The molecular weight excluding hydrogens is 276 g/mol. The molecule has 2 aromatic heterocycles. The molecule has 1 atom stereocenters. The van der Waals surface area contributed by atoms with E-state index in [0.717, 1.165) is 11.1 Å². The maximum absolute atomic E-state index is 6.12. The Morgan fingerprint density at radius 3 is 2.90 bits per heavy atom. The Bertz CT molecular complexity index is 756. The predicted molar refractivity (Wildman–Crippen MR) is 77.2 cm³/mol. The number of halogens is 1. The van der Waals surface area contributed by atoms with Crippen molar-refractivity contribution in [1.29, 1.82) is 0 Å². The van der Waals surface area contributed by atoms with Gasteiger partial charge in [0.05, 0.1) is 10.7 Å². The Kier molecular flexibility index (Phi) is 3.40. The fourth-order valence-corrected chi connectivity index (χ4v) is 2.36. The number of benzene rings is 1. The minimum absolute atomic E-state index is 0.347. The number of nitrogens with zero attached hydrogens (tertiary/aromatic N) is 2. The second kappa shape index (κ2) is 5.20. The molecule has 2 heterocycles. The molecule has 0 aliphatic heterocycles. The van der Waals surface area contributed by atoms with Gasteiger partial charge in [0, 0.05) is 11.6 Å². The summed E-state index contributed by atoms with van der Waals surface area (Å²) < 4.78 is 5.81. The van der Waals surface area contributed by atoms with Crippen LogP contribution < -0.4 is 11.3 Å². The first-order chi connectivity index (χ1) is 9.69. The van der Waals surface area contributed by atoms with E-state index in [4.69, 9.17) is 21.9 Å². The molecule has 0 aliphatic carbocycles. The van der Waals surface area contributed by atoms with E-state index in [2.05, 4.69) is 15.4 Å². The number of para-hydroxylation sites is 1. The Balaban J connectivity index is 2.09. The average molecular weight is 289 g/mol. The standard InChI is InChI=1S/C14H13ClN4O/c1-8-17-6-5-11(18-8)13(19-16)12-7-9-3-2-4-10(15)14(9)20-12/h2-7,13,19H,16H2,1H3. The molecule has 0 bridgehead atoms. The molecule has 0 amide bonds. The number of furan rings is 1. The first-order valence-electron chi connectivity index (χ1n) is 6.12. The molecule has 6 heteroatoms. The molecular formula is C14H13ClN4O. The lowest BCUT2D eigenvalue weighted by atomic mass is 10.1. The highest BCUT2D eigenvalue weighted by molar-refractivity contribution is 6.34. The summed E-state index contributed by atoms with van der Waals surface area (Å²) in [4.78, 5) is 8.44. The highest BCUT2D eigenvalue weighted by Gasteiger charge is 2.19. The molecule has 3 aromatic rings. The van der Waals surface area contributed by atoms with E-state index >= 15 is 0 Å². The van der Waals surface area contributed by atoms with Crippen LogP contribution in [0.4, 0.5) is 0 Å². The van der Waals surface area contributed by atoms with Crippen molar-refractivity contribution in [1.82, 2.24) is 15.4 Å². The zero-order valence-electron chi connectivity index (χ0n) is 10.8. The SMILES string of the molecule is Cc1nccc(C(NN)c2cc3cccc(Cl)c3o2)n1. The van der Waals surface area contributed by atoms with Gasteiger partial charge in [-0.05, 0) is 25.1 Å². The van der Waals surface area contributed by atoms with Crippen molar-refractivity contribution in [3.05, 3.63) is 58.8 Å². The molecule has 0 radical (unpaired) electrons. The van der Waals surface area contributed by atoms with Crippen molar-refractivity contribution in [2.24, 2.45) is 5.84 Å². The van der Waals surface area contributed by atoms with Crippen LogP contribution in [0.1, 0.15) is 23.3 Å². The second-order valence-corrected chi connectivity index (χ2v) is 4.84. The van der Waals surface area contributed by atoms with E-state index in [1.165, 1.54) is 0 Å². The first kappa shape index (κ1) is 13.1. The van der Waals surface area contributed by atoms with Crippen LogP contribution in [0.3, 0.4) is 0 Å². The van der Waals surface area contributed by atoms with Gasteiger partial charge >= 0.3 is 0 Å². The van der Waals surface area contributed by atoms with Crippen LogP contribution in [0, 0.1) is 6.92 Å². The molecule has 5 nitrogen and oxygen atoms in total. The summed E-state index contributed by atoms with van der Waals surface area (Å²) in [7, 11) is 0. The Hall–Kier alpha value is -1.95. The average Bonchev–Trinajstić information content (AvgIpc) is 2.85. The van der Waals surface area contributed by atoms with E-state index in [0.29, 0.717) is 22.2 Å². The second-order valence-electron chi connectivity index (χ2n) is 4.44.